The SMILES string of the molecule is C[C@@H](c1ccccc1)N1C(=O)c2ccccc2[C@]1(O)c1ccccc1. The molecule has 0 saturated carbocycles. The van der Waals surface area contributed by atoms with Gasteiger partial charge >= 0.3 is 0 Å². The number of aliphatic hydroxyl groups is 1. The minimum atomic E-state index is -1.48. The summed E-state index contributed by atoms with van der Waals surface area (Å²) < 4.78 is 0. The maximum Gasteiger partial charge on any atom is 0.257 e. The van der Waals surface area contributed by atoms with Crippen LogP contribution in [0.3, 0.4) is 0 Å². The summed E-state index contributed by atoms with van der Waals surface area (Å²) in [6.07, 6.45) is 0. The van der Waals surface area contributed by atoms with Crippen LogP contribution in [-0.4, -0.2) is 15.9 Å². The van der Waals surface area contributed by atoms with Crippen molar-refractivity contribution in [1.82, 2.24) is 4.90 Å². The first-order valence-electron chi connectivity index (χ1n) is 8.40. The molecule has 0 radical (unpaired) electrons. The lowest BCUT2D eigenvalue weighted by Crippen LogP contribution is -2.46. The lowest BCUT2D eigenvalue weighted by atomic mass is 9.92. The Morgan fingerprint density at radius 2 is 1.40 bits per heavy atom. The largest absolute Gasteiger partial charge is 0.363 e. The summed E-state index contributed by atoms with van der Waals surface area (Å²) in [4.78, 5) is 14.8. The van der Waals surface area contributed by atoms with Crippen molar-refractivity contribution in [3.8, 4) is 0 Å². The lowest BCUT2D eigenvalue weighted by Gasteiger charge is -2.39. The number of hydrogen-bond acceptors (Lipinski definition) is 2. The third-order valence-electron chi connectivity index (χ3n) is 4.95. The number of amides is 1. The number of nitrogens with zero attached hydrogens (tertiary/aromatic N) is 1. The van der Waals surface area contributed by atoms with Crippen LogP contribution >= 0.6 is 0 Å². The summed E-state index contributed by atoms with van der Waals surface area (Å²) in [7, 11) is 0. The van der Waals surface area contributed by atoms with Crippen molar-refractivity contribution in [1.29, 1.82) is 0 Å². The third-order valence-corrected chi connectivity index (χ3v) is 4.95. The van der Waals surface area contributed by atoms with E-state index in [2.05, 4.69) is 0 Å². The van der Waals surface area contributed by atoms with Crippen molar-refractivity contribution in [2.45, 2.75) is 18.7 Å². The molecular weight excluding hydrogens is 310 g/mol. The molecule has 0 aromatic heterocycles. The van der Waals surface area contributed by atoms with Gasteiger partial charge in [-0.25, -0.2) is 0 Å². The van der Waals surface area contributed by atoms with Crippen molar-refractivity contribution >= 4 is 5.91 Å². The summed E-state index contributed by atoms with van der Waals surface area (Å²) in [5.74, 6) is -0.154. The number of rotatable bonds is 3. The molecule has 3 aromatic carbocycles. The number of carbonyl (C=O) groups excluding carboxylic acids is 1. The second-order valence-corrected chi connectivity index (χ2v) is 6.35. The summed E-state index contributed by atoms with van der Waals surface area (Å²) in [5, 5.41) is 11.8. The molecule has 3 nitrogen and oxygen atoms in total. The lowest BCUT2D eigenvalue weighted by molar-refractivity contribution is -0.0677. The highest BCUT2D eigenvalue weighted by Crippen LogP contribution is 2.46. The van der Waals surface area contributed by atoms with Gasteiger partial charge in [0.2, 0.25) is 0 Å². The number of benzene rings is 3. The predicted molar refractivity (Wildman–Crippen MR) is 96.9 cm³/mol. The number of fused-ring (bicyclic) bond motifs is 1. The van der Waals surface area contributed by atoms with Crippen LogP contribution in [-0.2, 0) is 5.72 Å². The highest BCUT2D eigenvalue weighted by atomic mass is 16.3. The maximum atomic E-state index is 13.2. The van der Waals surface area contributed by atoms with Gasteiger partial charge in [0.1, 0.15) is 0 Å². The molecule has 0 saturated heterocycles. The van der Waals surface area contributed by atoms with Gasteiger partial charge in [0.15, 0.2) is 5.72 Å². The van der Waals surface area contributed by atoms with Gasteiger partial charge in [-0.15, -0.1) is 0 Å². The highest BCUT2D eigenvalue weighted by molar-refractivity contribution is 6.00. The van der Waals surface area contributed by atoms with Crippen LogP contribution in [0.5, 0.6) is 0 Å². The van der Waals surface area contributed by atoms with E-state index in [1.165, 1.54) is 0 Å². The second-order valence-electron chi connectivity index (χ2n) is 6.35. The molecule has 4 rings (SSSR count). The second kappa shape index (κ2) is 5.87. The first-order valence-corrected chi connectivity index (χ1v) is 8.40. The van der Waals surface area contributed by atoms with Crippen molar-refractivity contribution < 1.29 is 9.90 Å². The van der Waals surface area contributed by atoms with E-state index in [4.69, 9.17) is 0 Å². The Hall–Kier alpha value is -2.91. The molecule has 1 N–H and O–H groups in total. The quantitative estimate of drug-likeness (QED) is 0.786. The fraction of sp³-hybridized carbons (Fsp3) is 0.136. The van der Waals surface area contributed by atoms with Gasteiger partial charge in [0.05, 0.1) is 6.04 Å². The molecule has 0 fully saturated rings. The van der Waals surface area contributed by atoms with Crippen LogP contribution in [0.2, 0.25) is 0 Å². The van der Waals surface area contributed by atoms with Crippen LogP contribution in [0.1, 0.15) is 40.0 Å². The minimum absolute atomic E-state index is 0.154. The first-order chi connectivity index (χ1) is 12.1. The standard InChI is InChI=1S/C22H19NO2/c1-16(17-10-4-2-5-11-17)23-21(24)19-14-8-9-15-20(19)22(23,25)18-12-6-3-7-13-18/h2-16,25H,1H3/t16-,22+/m0/s1. The molecule has 0 unspecified atom stereocenters. The zero-order valence-electron chi connectivity index (χ0n) is 14.0. The highest BCUT2D eigenvalue weighted by Gasteiger charge is 2.51. The summed E-state index contributed by atoms with van der Waals surface area (Å²) in [6.45, 7) is 1.95. The fourth-order valence-electron chi connectivity index (χ4n) is 3.68. The molecule has 0 aliphatic carbocycles. The first kappa shape index (κ1) is 15.6. The molecule has 1 amide bonds. The Morgan fingerprint density at radius 3 is 2.08 bits per heavy atom. The predicted octanol–water partition coefficient (Wildman–Crippen LogP) is 4.10. The monoisotopic (exact) mass is 329 g/mol. The van der Waals surface area contributed by atoms with E-state index in [-0.39, 0.29) is 11.9 Å². The van der Waals surface area contributed by atoms with Crippen molar-refractivity contribution in [2.75, 3.05) is 0 Å². The Morgan fingerprint density at radius 1 is 0.840 bits per heavy atom. The smallest absolute Gasteiger partial charge is 0.257 e. The zero-order chi connectivity index (χ0) is 17.4. The van der Waals surface area contributed by atoms with E-state index in [1.54, 1.807) is 11.0 Å². The molecule has 0 spiro atoms. The Bertz CT molecular complexity index is 908. The van der Waals surface area contributed by atoms with Crippen molar-refractivity contribution in [2.24, 2.45) is 0 Å². The normalized spacial score (nSPS) is 20.4. The molecule has 2 atom stereocenters. The van der Waals surface area contributed by atoms with Gasteiger partial charge in [0, 0.05) is 16.7 Å². The molecule has 1 aliphatic heterocycles. The molecule has 1 heterocycles. The van der Waals surface area contributed by atoms with E-state index in [1.807, 2.05) is 85.8 Å². The summed E-state index contributed by atoms with van der Waals surface area (Å²) in [6, 6.07) is 26.2. The maximum absolute atomic E-state index is 13.2. The topological polar surface area (TPSA) is 40.5 Å². The van der Waals surface area contributed by atoms with Crippen molar-refractivity contribution in [3.63, 3.8) is 0 Å². The Balaban J connectivity index is 1.92. The molecular formula is C22H19NO2. The van der Waals surface area contributed by atoms with Crippen LogP contribution in [0.15, 0.2) is 84.9 Å². The third kappa shape index (κ3) is 2.28. The molecule has 124 valence electrons. The molecule has 25 heavy (non-hydrogen) atoms. The number of hydrogen-bond donors (Lipinski definition) is 1. The Labute approximate surface area is 147 Å². The van der Waals surface area contributed by atoms with Gasteiger partial charge in [-0.2, -0.15) is 0 Å². The van der Waals surface area contributed by atoms with Crippen molar-refractivity contribution in [3.05, 3.63) is 107 Å². The van der Waals surface area contributed by atoms with E-state index in [0.717, 1.165) is 5.56 Å². The summed E-state index contributed by atoms with van der Waals surface area (Å²) >= 11 is 0. The van der Waals surface area contributed by atoms with E-state index >= 15 is 0 Å². The van der Waals surface area contributed by atoms with E-state index in [9.17, 15) is 9.90 Å². The van der Waals surface area contributed by atoms with Crippen LogP contribution < -0.4 is 0 Å². The molecule has 3 aromatic rings. The van der Waals surface area contributed by atoms with E-state index in [0.29, 0.717) is 16.7 Å². The van der Waals surface area contributed by atoms with Gasteiger partial charge in [0.25, 0.3) is 5.91 Å². The Kier molecular flexibility index (Phi) is 3.66. The van der Waals surface area contributed by atoms with Gasteiger partial charge in [-0.3, -0.25) is 9.69 Å². The van der Waals surface area contributed by atoms with Crippen LogP contribution in [0.25, 0.3) is 0 Å². The molecule has 0 bridgehead atoms. The zero-order valence-corrected chi connectivity index (χ0v) is 14.0. The molecule has 1 aliphatic rings. The number of carbonyl (C=O) groups is 1. The van der Waals surface area contributed by atoms with Crippen LogP contribution in [0, 0.1) is 0 Å². The fourth-order valence-corrected chi connectivity index (χ4v) is 3.68. The van der Waals surface area contributed by atoms with Gasteiger partial charge in [-0.05, 0) is 18.6 Å². The average Bonchev–Trinajstić information content (AvgIpc) is 2.91. The average molecular weight is 329 g/mol. The van der Waals surface area contributed by atoms with Crippen LogP contribution in [0.4, 0.5) is 0 Å². The summed E-state index contributed by atoms with van der Waals surface area (Å²) in [5.41, 5.74) is 1.38. The molecule has 3 heteroatoms. The van der Waals surface area contributed by atoms with Gasteiger partial charge in [-0.1, -0.05) is 78.9 Å². The van der Waals surface area contributed by atoms with E-state index < -0.39 is 5.72 Å². The minimum Gasteiger partial charge on any atom is -0.363 e. The van der Waals surface area contributed by atoms with Gasteiger partial charge < -0.3 is 5.11 Å².